The Bertz CT molecular complexity index is 547. The average molecular weight is 276 g/mol. The SMILES string of the molecule is COc1cc(C(=O)OCCc2cccs2)ccc1C. The number of hydrogen-bond donors (Lipinski definition) is 0. The number of hydrogen-bond acceptors (Lipinski definition) is 4. The molecule has 1 aromatic carbocycles. The second-order valence-electron chi connectivity index (χ2n) is 4.15. The van der Waals surface area contributed by atoms with Crippen LogP contribution in [0.3, 0.4) is 0 Å². The van der Waals surface area contributed by atoms with E-state index < -0.39 is 0 Å². The molecule has 1 aromatic heterocycles. The summed E-state index contributed by atoms with van der Waals surface area (Å²) in [6.07, 6.45) is 0.756. The van der Waals surface area contributed by atoms with Crippen LogP contribution in [0.5, 0.6) is 5.75 Å². The van der Waals surface area contributed by atoms with E-state index >= 15 is 0 Å². The maximum Gasteiger partial charge on any atom is 0.338 e. The van der Waals surface area contributed by atoms with Gasteiger partial charge in [0.05, 0.1) is 19.3 Å². The smallest absolute Gasteiger partial charge is 0.338 e. The molecule has 0 fully saturated rings. The minimum atomic E-state index is -0.310. The highest BCUT2D eigenvalue weighted by Gasteiger charge is 2.09. The van der Waals surface area contributed by atoms with E-state index in [0.29, 0.717) is 17.9 Å². The summed E-state index contributed by atoms with van der Waals surface area (Å²) in [7, 11) is 1.59. The van der Waals surface area contributed by atoms with Crippen LogP contribution >= 0.6 is 11.3 Å². The number of benzene rings is 1. The first-order valence-corrected chi connectivity index (χ1v) is 6.93. The van der Waals surface area contributed by atoms with Crippen LogP contribution in [0, 0.1) is 6.92 Å². The molecular weight excluding hydrogens is 260 g/mol. The molecule has 0 unspecified atom stereocenters. The quantitative estimate of drug-likeness (QED) is 0.784. The van der Waals surface area contributed by atoms with E-state index in [1.54, 1.807) is 30.6 Å². The predicted octanol–water partition coefficient (Wildman–Crippen LogP) is 3.46. The monoisotopic (exact) mass is 276 g/mol. The maximum absolute atomic E-state index is 11.9. The number of ether oxygens (including phenoxy) is 2. The molecule has 0 amide bonds. The number of carbonyl (C=O) groups is 1. The van der Waals surface area contributed by atoms with Crippen molar-refractivity contribution in [3.8, 4) is 5.75 Å². The fourth-order valence-corrected chi connectivity index (χ4v) is 2.42. The molecule has 0 aliphatic rings. The van der Waals surface area contributed by atoms with Gasteiger partial charge in [0.2, 0.25) is 0 Å². The normalized spacial score (nSPS) is 10.2. The van der Waals surface area contributed by atoms with Crippen LogP contribution < -0.4 is 4.74 Å². The van der Waals surface area contributed by atoms with E-state index in [2.05, 4.69) is 0 Å². The number of rotatable bonds is 5. The third kappa shape index (κ3) is 3.58. The van der Waals surface area contributed by atoms with Crippen LogP contribution in [-0.2, 0) is 11.2 Å². The van der Waals surface area contributed by atoms with Gasteiger partial charge in [-0.25, -0.2) is 4.79 Å². The van der Waals surface area contributed by atoms with Gasteiger partial charge in [0.15, 0.2) is 0 Å². The van der Waals surface area contributed by atoms with Crippen molar-refractivity contribution in [2.45, 2.75) is 13.3 Å². The summed E-state index contributed by atoms with van der Waals surface area (Å²) in [5.41, 5.74) is 1.52. The molecule has 19 heavy (non-hydrogen) atoms. The fraction of sp³-hybridized carbons (Fsp3) is 0.267. The highest BCUT2D eigenvalue weighted by molar-refractivity contribution is 7.09. The molecule has 1 heterocycles. The Labute approximate surface area is 116 Å². The molecule has 4 heteroatoms. The van der Waals surface area contributed by atoms with Crippen LogP contribution in [0.25, 0.3) is 0 Å². The van der Waals surface area contributed by atoms with Gasteiger partial charge in [-0.05, 0) is 36.1 Å². The molecule has 0 bridgehead atoms. The molecule has 100 valence electrons. The van der Waals surface area contributed by atoms with Gasteiger partial charge in [0, 0.05) is 11.3 Å². The van der Waals surface area contributed by atoms with Gasteiger partial charge < -0.3 is 9.47 Å². The fourth-order valence-electron chi connectivity index (χ4n) is 1.73. The Hall–Kier alpha value is -1.81. The van der Waals surface area contributed by atoms with Crippen molar-refractivity contribution in [1.29, 1.82) is 0 Å². The summed E-state index contributed by atoms with van der Waals surface area (Å²) < 4.78 is 10.4. The molecule has 0 radical (unpaired) electrons. The van der Waals surface area contributed by atoms with Crippen molar-refractivity contribution < 1.29 is 14.3 Å². The largest absolute Gasteiger partial charge is 0.496 e. The highest BCUT2D eigenvalue weighted by Crippen LogP contribution is 2.19. The minimum absolute atomic E-state index is 0.310. The van der Waals surface area contributed by atoms with E-state index in [1.165, 1.54) is 4.88 Å². The molecule has 0 aliphatic carbocycles. The van der Waals surface area contributed by atoms with Gasteiger partial charge in [0.1, 0.15) is 5.75 Å². The summed E-state index contributed by atoms with van der Waals surface area (Å²) >= 11 is 1.67. The van der Waals surface area contributed by atoms with E-state index in [0.717, 1.165) is 12.0 Å². The van der Waals surface area contributed by atoms with Crippen LogP contribution in [0.2, 0.25) is 0 Å². The lowest BCUT2D eigenvalue weighted by atomic mass is 10.1. The van der Waals surface area contributed by atoms with Crippen LogP contribution in [0.1, 0.15) is 20.8 Å². The molecule has 0 aliphatic heterocycles. The van der Waals surface area contributed by atoms with Gasteiger partial charge >= 0.3 is 5.97 Å². The summed E-state index contributed by atoms with van der Waals surface area (Å²) in [5.74, 6) is 0.391. The molecule has 0 N–H and O–H groups in total. The third-order valence-corrected chi connectivity index (χ3v) is 3.74. The van der Waals surface area contributed by atoms with Crippen molar-refractivity contribution in [2.24, 2.45) is 0 Å². The van der Waals surface area contributed by atoms with E-state index in [9.17, 15) is 4.79 Å². The lowest BCUT2D eigenvalue weighted by molar-refractivity contribution is 0.0509. The van der Waals surface area contributed by atoms with Crippen LogP contribution in [0.15, 0.2) is 35.7 Å². The third-order valence-electron chi connectivity index (χ3n) is 2.81. The number of thiophene rings is 1. The van der Waals surface area contributed by atoms with Gasteiger partial charge in [-0.1, -0.05) is 12.1 Å². The zero-order valence-electron chi connectivity index (χ0n) is 11.0. The zero-order chi connectivity index (χ0) is 13.7. The second kappa shape index (κ2) is 6.38. The van der Waals surface area contributed by atoms with Gasteiger partial charge in [-0.15, -0.1) is 11.3 Å². The first kappa shape index (κ1) is 13.6. The molecule has 0 saturated heterocycles. The standard InChI is InChI=1S/C15H16O3S/c1-11-5-6-12(10-14(11)17-2)15(16)18-8-7-13-4-3-9-19-13/h3-6,9-10H,7-8H2,1-2H3. The Balaban J connectivity index is 1.92. The molecule has 2 aromatic rings. The number of esters is 1. The number of methoxy groups -OCH3 is 1. The molecule has 3 nitrogen and oxygen atoms in total. The minimum Gasteiger partial charge on any atom is -0.496 e. The summed E-state index contributed by atoms with van der Waals surface area (Å²) in [6, 6.07) is 9.35. The van der Waals surface area contributed by atoms with E-state index in [1.807, 2.05) is 30.5 Å². The Morgan fingerprint density at radius 1 is 1.32 bits per heavy atom. The van der Waals surface area contributed by atoms with Crippen molar-refractivity contribution in [3.63, 3.8) is 0 Å². The Kier molecular flexibility index (Phi) is 4.58. The van der Waals surface area contributed by atoms with Crippen LogP contribution in [-0.4, -0.2) is 19.7 Å². The summed E-state index contributed by atoms with van der Waals surface area (Å²) in [4.78, 5) is 13.1. The van der Waals surface area contributed by atoms with Gasteiger partial charge in [-0.3, -0.25) is 0 Å². The lowest BCUT2D eigenvalue weighted by Gasteiger charge is -2.07. The van der Waals surface area contributed by atoms with Gasteiger partial charge in [0.25, 0.3) is 0 Å². The number of carbonyl (C=O) groups excluding carboxylic acids is 1. The molecular formula is C15H16O3S. The summed E-state index contributed by atoms with van der Waals surface area (Å²) in [5, 5.41) is 2.02. The van der Waals surface area contributed by atoms with Crippen LogP contribution in [0.4, 0.5) is 0 Å². The Morgan fingerprint density at radius 2 is 2.16 bits per heavy atom. The van der Waals surface area contributed by atoms with Crippen molar-refractivity contribution >= 4 is 17.3 Å². The molecule has 2 rings (SSSR count). The maximum atomic E-state index is 11.9. The number of aryl methyl sites for hydroxylation is 1. The lowest BCUT2D eigenvalue weighted by Crippen LogP contribution is -2.08. The molecule has 0 atom stereocenters. The van der Waals surface area contributed by atoms with Gasteiger partial charge in [-0.2, -0.15) is 0 Å². The van der Waals surface area contributed by atoms with Crippen molar-refractivity contribution in [1.82, 2.24) is 0 Å². The Morgan fingerprint density at radius 3 is 2.84 bits per heavy atom. The highest BCUT2D eigenvalue weighted by atomic mass is 32.1. The first-order chi connectivity index (χ1) is 9.20. The van der Waals surface area contributed by atoms with Crippen molar-refractivity contribution in [2.75, 3.05) is 13.7 Å². The summed E-state index contributed by atoms with van der Waals surface area (Å²) in [6.45, 7) is 2.33. The predicted molar refractivity (Wildman–Crippen MR) is 76.0 cm³/mol. The molecule has 0 spiro atoms. The first-order valence-electron chi connectivity index (χ1n) is 6.05. The average Bonchev–Trinajstić information content (AvgIpc) is 2.92. The zero-order valence-corrected chi connectivity index (χ0v) is 11.8. The van der Waals surface area contributed by atoms with E-state index in [-0.39, 0.29) is 5.97 Å². The molecule has 0 saturated carbocycles. The second-order valence-corrected chi connectivity index (χ2v) is 5.18. The topological polar surface area (TPSA) is 35.5 Å². The van der Waals surface area contributed by atoms with Crippen molar-refractivity contribution in [3.05, 3.63) is 51.7 Å². The van der Waals surface area contributed by atoms with E-state index in [4.69, 9.17) is 9.47 Å².